The minimum atomic E-state index is -0.297. The smallest absolute Gasteiger partial charge is 0.159 e. The van der Waals surface area contributed by atoms with Crippen LogP contribution in [0.15, 0.2) is 166 Å². The van der Waals surface area contributed by atoms with Gasteiger partial charge in [0.05, 0.1) is 0 Å². The first kappa shape index (κ1) is 25.5. The van der Waals surface area contributed by atoms with Gasteiger partial charge in [-0.1, -0.05) is 140 Å². The van der Waals surface area contributed by atoms with Crippen molar-refractivity contribution < 1.29 is 4.42 Å². The molecule has 0 saturated carbocycles. The Morgan fingerprint density at radius 3 is 2.13 bits per heavy atom. The van der Waals surface area contributed by atoms with Crippen LogP contribution in [0.5, 0.6) is 0 Å². The quantitative estimate of drug-likeness (QED) is 0.212. The van der Waals surface area contributed by atoms with E-state index in [1.165, 1.54) is 16.2 Å². The van der Waals surface area contributed by atoms with Crippen molar-refractivity contribution >= 4 is 55.2 Å². The molecule has 1 aliphatic heterocycles. The van der Waals surface area contributed by atoms with Gasteiger partial charge in [0.1, 0.15) is 23.2 Å². The van der Waals surface area contributed by atoms with E-state index < -0.39 is 0 Å². The van der Waals surface area contributed by atoms with E-state index in [0.717, 1.165) is 61.0 Å². The topological polar surface area (TPSA) is 49.9 Å². The lowest BCUT2D eigenvalue weighted by atomic mass is 9.99. The largest absolute Gasteiger partial charge is 0.455 e. The molecule has 0 amide bonds. The maximum absolute atomic E-state index is 6.56. The lowest BCUT2D eigenvalue weighted by Crippen LogP contribution is -2.33. The molecule has 0 fully saturated rings. The average Bonchev–Trinajstić information content (AvgIpc) is 3.51. The van der Waals surface area contributed by atoms with Gasteiger partial charge in [-0.2, -0.15) is 0 Å². The molecule has 0 radical (unpaired) electrons. The Balaban J connectivity index is 1.23. The van der Waals surface area contributed by atoms with Gasteiger partial charge in [-0.15, -0.1) is 0 Å². The van der Waals surface area contributed by atoms with Crippen LogP contribution < -0.4 is 5.32 Å². The molecule has 4 nitrogen and oxygen atoms in total. The molecule has 1 unspecified atom stereocenters. The number of aliphatic imine (C=N–C) groups is 2. The van der Waals surface area contributed by atoms with Gasteiger partial charge in [-0.3, -0.25) is 0 Å². The first-order chi connectivity index (χ1) is 22.3. The van der Waals surface area contributed by atoms with Crippen LogP contribution in [0.3, 0.4) is 0 Å². The van der Waals surface area contributed by atoms with Gasteiger partial charge < -0.3 is 9.73 Å². The molecule has 2 heterocycles. The minimum Gasteiger partial charge on any atom is -0.455 e. The van der Waals surface area contributed by atoms with Crippen LogP contribution in [0.2, 0.25) is 0 Å². The third-order valence-corrected chi connectivity index (χ3v) is 8.72. The van der Waals surface area contributed by atoms with Crippen molar-refractivity contribution in [3.05, 3.63) is 168 Å². The monoisotopic (exact) mass is 577 g/mol. The molecular weight excluding hydrogens is 550 g/mol. The summed E-state index contributed by atoms with van der Waals surface area (Å²) in [4.78, 5) is 10.3. The summed E-state index contributed by atoms with van der Waals surface area (Å²) in [6, 6.07) is 52.7. The van der Waals surface area contributed by atoms with E-state index in [4.69, 9.17) is 14.4 Å². The first-order valence-electron chi connectivity index (χ1n) is 15.2. The number of para-hydroxylation sites is 1. The van der Waals surface area contributed by atoms with Gasteiger partial charge in [0.2, 0.25) is 0 Å². The number of benzene rings is 7. The van der Waals surface area contributed by atoms with Crippen LogP contribution in [-0.4, -0.2) is 11.7 Å². The molecule has 7 aromatic carbocycles. The summed E-state index contributed by atoms with van der Waals surface area (Å²) >= 11 is 0. The predicted molar refractivity (Wildman–Crippen MR) is 186 cm³/mol. The predicted octanol–water partition coefficient (Wildman–Crippen LogP) is 10.1. The van der Waals surface area contributed by atoms with Crippen molar-refractivity contribution in [2.24, 2.45) is 9.98 Å². The number of rotatable bonds is 4. The van der Waals surface area contributed by atoms with Crippen LogP contribution in [0.1, 0.15) is 22.9 Å². The Hall–Kier alpha value is -6.00. The zero-order chi connectivity index (χ0) is 29.7. The van der Waals surface area contributed by atoms with Gasteiger partial charge in [-0.05, 0) is 44.8 Å². The molecule has 9 rings (SSSR count). The van der Waals surface area contributed by atoms with Crippen molar-refractivity contribution in [1.82, 2.24) is 5.32 Å². The van der Waals surface area contributed by atoms with Gasteiger partial charge >= 0.3 is 0 Å². The van der Waals surface area contributed by atoms with E-state index in [1.807, 2.05) is 36.4 Å². The summed E-state index contributed by atoms with van der Waals surface area (Å²) in [6.45, 7) is 0. The molecular formula is C41H27N3O. The van der Waals surface area contributed by atoms with E-state index in [0.29, 0.717) is 5.84 Å². The maximum atomic E-state index is 6.56. The van der Waals surface area contributed by atoms with Crippen molar-refractivity contribution in [3.8, 4) is 11.1 Å². The zero-order valence-electron chi connectivity index (χ0n) is 24.3. The van der Waals surface area contributed by atoms with Gasteiger partial charge in [0.25, 0.3) is 0 Å². The molecule has 0 aliphatic carbocycles. The fourth-order valence-corrected chi connectivity index (χ4v) is 6.56. The SMILES string of the molecule is c1ccc(-c2cccc3c2oc2cccc(C4=NC(c5ccc6c(ccc7ccccc76)c5)=NC(c5ccccc5)N4)c23)cc1. The normalized spacial score (nSPS) is 14.9. The van der Waals surface area contributed by atoms with Crippen LogP contribution in [0.25, 0.3) is 54.6 Å². The van der Waals surface area contributed by atoms with E-state index in [-0.39, 0.29) is 6.17 Å². The molecule has 4 heteroatoms. The third-order valence-electron chi connectivity index (χ3n) is 8.72. The average molecular weight is 578 g/mol. The van der Waals surface area contributed by atoms with Crippen LogP contribution in [-0.2, 0) is 0 Å². The second-order valence-corrected chi connectivity index (χ2v) is 11.4. The summed E-state index contributed by atoms with van der Waals surface area (Å²) in [5.74, 6) is 1.47. The highest BCUT2D eigenvalue weighted by atomic mass is 16.3. The molecule has 0 bridgehead atoms. The van der Waals surface area contributed by atoms with Crippen molar-refractivity contribution in [2.45, 2.75) is 6.17 Å². The number of hydrogen-bond acceptors (Lipinski definition) is 4. The highest BCUT2D eigenvalue weighted by Crippen LogP contribution is 2.38. The Bertz CT molecular complexity index is 2460. The summed E-state index contributed by atoms with van der Waals surface area (Å²) in [7, 11) is 0. The lowest BCUT2D eigenvalue weighted by molar-refractivity contribution is 0.668. The Kier molecular flexibility index (Phi) is 5.85. The molecule has 0 spiro atoms. The molecule has 1 atom stereocenters. The molecule has 45 heavy (non-hydrogen) atoms. The lowest BCUT2D eigenvalue weighted by Gasteiger charge is -2.24. The third kappa shape index (κ3) is 4.30. The highest BCUT2D eigenvalue weighted by molar-refractivity contribution is 6.23. The van der Waals surface area contributed by atoms with E-state index in [1.54, 1.807) is 0 Å². The number of furan rings is 1. The highest BCUT2D eigenvalue weighted by Gasteiger charge is 2.24. The fraction of sp³-hybridized carbons (Fsp3) is 0.0244. The number of fused-ring (bicyclic) bond motifs is 6. The zero-order valence-corrected chi connectivity index (χ0v) is 24.3. The van der Waals surface area contributed by atoms with Gasteiger partial charge in [-0.25, -0.2) is 9.98 Å². The second kappa shape index (κ2) is 10.3. The second-order valence-electron chi connectivity index (χ2n) is 11.4. The van der Waals surface area contributed by atoms with Crippen LogP contribution in [0.4, 0.5) is 0 Å². The molecule has 8 aromatic rings. The van der Waals surface area contributed by atoms with Gasteiger partial charge in [0.15, 0.2) is 5.84 Å². The molecule has 1 N–H and O–H groups in total. The maximum Gasteiger partial charge on any atom is 0.159 e. The minimum absolute atomic E-state index is 0.297. The summed E-state index contributed by atoms with van der Waals surface area (Å²) in [5.41, 5.74) is 6.93. The first-order valence-corrected chi connectivity index (χ1v) is 15.2. The number of hydrogen-bond donors (Lipinski definition) is 1. The summed E-state index contributed by atoms with van der Waals surface area (Å²) in [6.07, 6.45) is -0.297. The Labute approximate surface area is 260 Å². The molecule has 212 valence electrons. The van der Waals surface area contributed by atoms with E-state index in [9.17, 15) is 0 Å². The van der Waals surface area contributed by atoms with E-state index in [2.05, 4.69) is 121 Å². The van der Waals surface area contributed by atoms with Crippen LogP contribution in [0, 0.1) is 0 Å². The Morgan fingerprint density at radius 2 is 1.24 bits per heavy atom. The van der Waals surface area contributed by atoms with Crippen LogP contribution >= 0.6 is 0 Å². The molecule has 0 saturated heterocycles. The van der Waals surface area contributed by atoms with Crippen molar-refractivity contribution in [1.29, 1.82) is 0 Å². The van der Waals surface area contributed by atoms with Crippen molar-refractivity contribution in [3.63, 3.8) is 0 Å². The fourth-order valence-electron chi connectivity index (χ4n) is 6.56. The summed E-state index contributed by atoms with van der Waals surface area (Å²) in [5, 5.41) is 10.6. The number of amidine groups is 2. The standard InChI is InChI=1S/C41H27N3O/c1-3-11-26(12-4-1)33-17-9-18-34-37-35(19-10-20-36(37)45-38(33)34)41-43-39(28-14-5-2-6-15-28)42-40(44-41)30-23-24-32-29(25-30)22-21-27-13-7-8-16-31(27)32/h1-25,39H,(H,42,43,44). The number of nitrogens with one attached hydrogen (secondary N) is 1. The number of nitrogens with zero attached hydrogens (tertiary/aromatic N) is 2. The van der Waals surface area contributed by atoms with Crippen molar-refractivity contribution in [2.75, 3.05) is 0 Å². The molecule has 1 aromatic heterocycles. The Morgan fingerprint density at radius 1 is 0.533 bits per heavy atom. The molecule has 1 aliphatic rings. The summed E-state index contributed by atoms with van der Waals surface area (Å²) < 4.78 is 6.56. The van der Waals surface area contributed by atoms with E-state index >= 15 is 0 Å². The van der Waals surface area contributed by atoms with Gasteiger partial charge in [0, 0.05) is 27.5 Å².